The number of carbonyl (C=O) groups is 1. The number of rotatable bonds is 2. The molecule has 0 spiro atoms. The van der Waals surface area contributed by atoms with Crippen molar-refractivity contribution in [3.63, 3.8) is 0 Å². The lowest BCUT2D eigenvalue weighted by Gasteiger charge is -2.51. The van der Waals surface area contributed by atoms with Crippen LogP contribution in [-0.2, 0) is 22.4 Å². The van der Waals surface area contributed by atoms with Gasteiger partial charge in [0.05, 0.1) is 6.26 Å². The first-order valence-electron chi connectivity index (χ1n) is 8.76. The van der Waals surface area contributed by atoms with Gasteiger partial charge < -0.3 is 9.15 Å². The highest BCUT2D eigenvalue weighted by molar-refractivity contribution is 5.87. The normalized spacial score (nSPS) is 33.8. The summed E-state index contributed by atoms with van der Waals surface area (Å²) >= 11 is 0. The molecule has 3 rings (SSSR count). The van der Waals surface area contributed by atoms with Crippen LogP contribution in [0.1, 0.15) is 57.4 Å². The molecule has 0 N–H and O–H groups in total. The minimum absolute atomic E-state index is 0.00263. The van der Waals surface area contributed by atoms with Crippen molar-refractivity contribution in [2.75, 3.05) is 0 Å². The fourth-order valence-corrected chi connectivity index (χ4v) is 4.41. The Morgan fingerprint density at radius 3 is 2.87 bits per heavy atom. The first-order valence-corrected chi connectivity index (χ1v) is 8.76. The summed E-state index contributed by atoms with van der Waals surface area (Å²) in [5.74, 6) is 1.91. The third-order valence-electron chi connectivity index (χ3n) is 6.47. The van der Waals surface area contributed by atoms with Gasteiger partial charge in [-0.1, -0.05) is 19.9 Å². The van der Waals surface area contributed by atoms with Crippen molar-refractivity contribution in [2.45, 2.75) is 66.4 Å². The number of aryl methyl sites for hydroxylation is 1. The van der Waals surface area contributed by atoms with Crippen LogP contribution < -0.4 is 0 Å². The summed E-state index contributed by atoms with van der Waals surface area (Å²) in [6, 6.07) is 0. The fourth-order valence-electron chi connectivity index (χ4n) is 4.41. The van der Waals surface area contributed by atoms with E-state index in [4.69, 9.17) is 9.15 Å². The Morgan fingerprint density at radius 1 is 1.43 bits per heavy atom. The zero-order valence-corrected chi connectivity index (χ0v) is 14.9. The second kappa shape index (κ2) is 5.85. The molecule has 0 unspecified atom stereocenters. The van der Waals surface area contributed by atoms with Crippen LogP contribution in [0.4, 0.5) is 0 Å². The quantitative estimate of drug-likeness (QED) is 0.590. The van der Waals surface area contributed by atoms with E-state index < -0.39 is 0 Å². The highest BCUT2D eigenvalue weighted by Gasteiger charge is 2.51. The summed E-state index contributed by atoms with van der Waals surface area (Å²) in [7, 11) is 0. The van der Waals surface area contributed by atoms with Crippen LogP contribution in [-0.4, -0.2) is 12.1 Å². The Labute approximate surface area is 139 Å². The number of hydrogen-bond donors (Lipinski definition) is 0. The molecule has 0 aromatic carbocycles. The standard InChI is InChI=1S/C20H28O3/c1-6-12(2)19(21)23-17-8-7-14(4)20(5)10-15-13(3)11-22-18(15)9-16(17)20/h6,11,14,16-17H,7-10H2,1-5H3/t14-,16-,17+,20+/m0/s1. The second-order valence-corrected chi connectivity index (χ2v) is 7.71. The van der Waals surface area contributed by atoms with Gasteiger partial charge in [-0.25, -0.2) is 4.79 Å². The summed E-state index contributed by atoms with van der Waals surface area (Å²) in [5.41, 5.74) is 3.51. The van der Waals surface area contributed by atoms with Gasteiger partial charge in [0.25, 0.3) is 0 Å². The zero-order chi connectivity index (χ0) is 16.8. The summed E-state index contributed by atoms with van der Waals surface area (Å²) in [6.45, 7) is 10.6. The van der Waals surface area contributed by atoms with Gasteiger partial charge in [-0.15, -0.1) is 0 Å². The van der Waals surface area contributed by atoms with Gasteiger partial charge in [-0.2, -0.15) is 0 Å². The molecule has 0 bridgehead atoms. The minimum atomic E-state index is -0.171. The molecule has 0 aliphatic heterocycles. The SMILES string of the molecule is CC=C(C)C(=O)O[C@@H]1CC[C@H](C)[C@@]2(C)Cc3c(C)coc3C[C@@H]12. The summed E-state index contributed by atoms with van der Waals surface area (Å²) in [4.78, 5) is 12.2. The van der Waals surface area contributed by atoms with Crippen molar-refractivity contribution in [1.29, 1.82) is 0 Å². The Hall–Kier alpha value is -1.51. The molecule has 4 atom stereocenters. The van der Waals surface area contributed by atoms with Crippen LogP contribution in [0.25, 0.3) is 0 Å². The van der Waals surface area contributed by atoms with Crippen molar-refractivity contribution >= 4 is 5.97 Å². The molecule has 3 nitrogen and oxygen atoms in total. The summed E-state index contributed by atoms with van der Waals surface area (Å²) < 4.78 is 11.7. The molecule has 2 aliphatic rings. The van der Waals surface area contributed by atoms with E-state index in [-0.39, 0.29) is 17.5 Å². The third-order valence-corrected chi connectivity index (χ3v) is 6.47. The molecule has 1 aromatic heterocycles. The lowest BCUT2D eigenvalue weighted by atomic mass is 9.54. The molecular formula is C20H28O3. The molecule has 3 heteroatoms. The molecule has 0 amide bonds. The molecule has 1 aromatic rings. The van der Waals surface area contributed by atoms with Gasteiger partial charge in [0.15, 0.2) is 0 Å². The largest absolute Gasteiger partial charge is 0.469 e. The van der Waals surface area contributed by atoms with Crippen LogP contribution in [0.2, 0.25) is 0 Å². The van der Waals surface area contributed by atoms with E-state index in [0.29, 0.717) is 17.4 Å². The minimum Gasteiger partial charge on any atom is -0.469 e. The van der Waals surface area contributed by atoms with E-state index in [0.717, 1.165) is 31.4 Å². The second-order valence-electron chi connectivity index (χ2n) is 7.71. The first-order chi connectivity index (χ1) is 10.9. The number of ether oxygens (including phenoxy) is 1. The molecule has 1 fully saturated rings. The third kappa shape index (κ3) is 2.64. The van der Waals surface area contributed by atoms with Crippen molar-refractivity contribution in [2.24, 2.45) is 17.3 Å². The van der Waals surface area contributed by atoms with Gasteiger partial charge in [0, 0.05) is 17.9 Å². The Bertz CT molecular complexity index is 639. The zero-order valence-electron chi connectivity index (χ0n) is 14.9. The fraction of sp³-hybridized carbons (Fsp3) is 0.650. The van der Waals surface area contributed by atoms with Crippen LogP contribution in [0.5, 0.6) is 0 Å². The van der Waals surface area contributed by atoms with E-state index in [1.165, 1.54) is 11.1 Å². The van der Waals surface area contributed by atoms with E-state index in [1.807, 2.05) is 26.2 Å². The topological polar surface area (TPSA) is 39.4 Å². The number of carbonyl (C=O) groups excluding carboxylic acids is 1. The van der Waals surface area contributed by atoms with Crippen molar-refractivity contribution < 1.29 is 13.9 Å². The van der Waals surface area contributed by atoms with Gasteiger partial charge in [0.2, 0.25) is 0 Å². The number of esters is 1. The average molecular weight is 316 g/mol. The molecule has 126 valence electrons. The molecule has 0 radical (unpaired) electrons. The Balaban J connectivity index is 1.89. The number of furan rings is 1. The summed E-state index contributed by atoms with van der Waals surface area (Å²) in [5, 5.41) is 0. The molecular weight excluding hydrogens is 288 g/mol. The maximum atomic E-state index is 12.2. The summed E-state index contributed by atoms with van der Waals surface area (Å²) in [6.07, 6.45) is 7.69. The Morgan fingerprint density at radius 2 is 2.17 bits per heavy atom. The molecule has 0 saturated heterocycles. The average Bonchev–Trinajstić information content (AvgIpc) is 2.88. The van der Waals surface area contributed by atoms with Crippen LogP contribution >= 0.6 is 0 Å². The van der Waals surface area contributed by atoms with E-state index in [9.17, 15) is 4.79 Å². The smallest absolute Gasteiger partial charge is 0.333 e. The van der Waals surface area contributed by atoms with Gasteiger partial charge in [-0.05, 0) is 62.5 Å². The van der Waals surface area contributed by atoms with Crippen molar-refractivity contribution in [1.82, 2.24) is 0 Å². The lowest BCUT2D eigenvalue weighted by Crippen LogP contribution is -2.51. The predicted molar refractivity (Wildman–Crippen MR) is 90.2 cm³/mol. The van der Waals surface area contributed by atoms with Crippen molar-refractivity contribution in [3.8, 4) is 0 Å². The predicted octanol–water partition coefficient (Wildman–Crippen LogP) is 4.62. The molecule has 1 heterocycles. The monoisotopic (exact) mass is 316 g/mol. The first kappa shape index (κ1) is 16.4. The van der Waals surface area contributed by atoms with Gasteiger partial charge in [-0.3, -0.25) is 0 Å². The maximum Gasteiger partial charge on any atom is 0.333 e. The highest BCUT2D eigenvalue weighted by Crippen LogP contribution is 2.53. The molecule has 2 aliphatic carbocycles. The van der Waals surface area contributed by atoms with E-state index in [2.05, 4.69) is 20.8 Å². The van der Waals surface area contributed by atoms with Crippen LogP contribution in [0.15, 0.2) is 22.3 Å². The lowest BCUT2D eigenvalue weighted by molar-refractivity contribution is -0.157. The van der Waals surface area contributed by atoms with Crippen LogP contribution in [0, 0.1) is 24.2 Å². The number of hydrogen-bond acceptors (Lipinski definition) is 3. The number of fused-ring (bicyclic) bond motifs is 2. The van der Waals surface area contributed by atoms with Crippen molar-refractivity contribution in [3.05, 3.63) is 34.8 Å². The van der Waals surface area contributed by atoms with E-state index in [1.54, 1.807) is 0 Å². The Kier molecular flexibility index (Phi) is 4.16. The maximum absolute atomic E-state index is 12.2. The highest BCUT2D eigenvalue weighted by atomic mass is 16.5. The van der Waals surface area contributed by atoms with E-state index >= 15 is 0 Å². The van der Waals surface area contributed by atoms with Gasteiger partial charge in [0.1, 0.15) is 11.9 Å². The van der Waals surface area contributed by atoms with Gasteiger partial charge >= 0.3 is 5.97 Å². The molecule has 23 heavy (non-hydrogen) atoms. The molecule has 1 saturated carbocycles. The number of allylic oxidation sites excluding steroid dienone is 1. The van der Waals surface area contributed by atoms with Crippen LogP contribution in [0.3, 0.4) is 0 Å².